The second-order valence-corrected chi connectivity index (χ2v) is 7.11. The minimum Gasteiger partial charge on any atom is -0.464 e. The average Bonchev–Trinajstić information content (AvgIpc) is 2.68. The first kappa shape index (κ1) is 26.0. The molecule has 4 atom stereocenters. The van der Waals surface area contributed by atoms with Crippen molar-refractivity contribution in [2.24, 2.45) is 0 Å². The smallest absolute Gasteiger partial charge is 0.337 e. The second kappa shape index (κ2) is 17.1. The SMILES string of the molecule is CCCCCCCCCCCCCCOC(=O)[C@@H](O)[C@@H](O)[C@H](O)[C@@H](O)C=O. The summed E-state index contributed by atoms with van der Waals surface area (Å²) in [5.74, 6) is -1.08. The third-order valence-electron chi connectivity index (χ3n) is 4.65. The highest BCUT2D eigenvalue weighted by atomic mass is 16.5. The van der Waals surface area contributed by atoms with Crippen LogP contribution < -0.4 is 0 Å². The maximum atomic E-state index is 11.6. The number of unbranched alkanes of at least 4 members (excludes halogenated alkanes) is 11. The van der Waals surface area contributed by atoms with E-state index in [1.807, 2.05) is 0 Å². The summed E-state index contributed by atoms with van der Waals surface area (Å²) in [7, 11) is 0. The van der Waals surface area contributed by atoms with Gasteiger partial charge in [-0.2, -0.15) is 0 Å². The van der Waals surface area contributed by atoms with Crippen LogP contribution in [0.4, 0.5) is 0 Å². The van der Waals surface area contributed by atoms with E-state index in [0.717, 1.165) is 19.3 Å². The molecule has 0 fully saturated rings. The zero-order chi connectivity index (χ0) is 20.5. The van der Waals surface area contributed by atoms with Gasteiger partial charge >= 0.3 is 5.97 Å². The van der Waals surface area contributed by atoms with E-state index >= 15 is 0 Å². The molecular weight excluding hydrogens is 352 g/mol. The van der Waals surface area contributed by atoms with Crippen molar-refractivity contribution in [1.29, 1.82) is 0 Å². The third kappa shape index (κ3) is 12.9. The molecule has 0 amide bonds. The average molecular weight is 391 g/mol. The lowest BCUT2D eigenvalue weighted by Crippen LogP contribution is -2.48. The van der Waals surface area contributed by atoms with Crippen LogP contribution in [-0.4, -0.2) is 63.7 Å². The summed E-state index contributed by atoms with van der Waals surface area (Å²) in [6.07, 6.45) is 6.37. The Morgan fingerprint density at radius 1 is 0.778 bits per heavy atom. The number of aliphatic hydroxyl groups is 4. The van der Waals surface area contributed by atoms with Crippen molar-refractivity contribution in [1.82, 2.24) is 0 Å². The van der Waals surface area contributed by atoms with Gasteiger partial charge in [0.2, 0.25) is 0 Å². The Kier molecular flexibility index (Phi) is 16.5. The fourth-order valence-electron chi connectivity index (χ4n) is 2.81. The van der Waals surface area contributed by atoms with Crippen LogP contribution in [0.25, 0.3) is 0 Å². The van der Waals surface area contributed by atoms with Gasteiger partial charge in [-0.3, -0.25) is 0 Å². The molecule has 160 valence electrons. The first-order valence-electron chi connectivity index (χ1n) is 10.3. The first-order valence-corrected chi connectivity index (χ1v) is 10.3. The highest BCUT2D eigenvalue weighted by molar-refractivity contribution is 5.75. The predicted octanol–water partition coefficient (Wildman–Crippen LogP) is 1.87. The Hall–Kier alpha value is -1.02. The minimum absolute atomic E-state index is 0.0123. The van der Waals surface area contributed by atoms with Crippen molar-refractivity contribution in [3.63, 3.8) is 0 Å². The fourth-order valence-corrected chi connectivity index (χ4v) is 2.81. The van der Waals surface area contributed by atoms with Crippen LogP contribution >= 0.6 is 0 Å². The number of aldehydes is 1. The maximum Gasteiger partial charge on any atom is 0.337 e. The van der Waals surface area contributed by atoms with Gasteiger partial charge in [0, 0.05) is 0 Å². The van der Waals surface area contributed by atoms with Crippen LogP contribution in [0.5, 0.6) is 0 Å². The summed E-state index contributed by atoms with van der Waals surface area (Å²) in [6.45, 7) is 2.34. The molecule has 0 saturated heterocycles. The number of aliphatic hydroxyl groups excluding tert-OH is 4. The van der Waals surface area contributed by atoms with Gasteiger partial charge in [0.05, 0.1) is 6.61 Å². The maximum absolute atomic E-state index is 11.6. The van der Waals surface area contributed by atoms with Crippen LogP contribution in [0.3, 0.4) is 0 Å². The predicted molar refractivity (Wildman–Crippen MR) is 102 cm³/mol. The molecule has 0 aromatic carbocycles. The molecule has 7 nitrogen and oxygen atoms in total. The topological polar surface area (TPSA) is 124 Å². The number of carbonyl (C=O) groups is 2. The molecule has 7 heteroatoms. The molecule has 0 aliphatic heterocycles. The lowest BCUT2D eigenvalue weighted by molar-refractivity contribution is -0.169. The number of hydrogen-bond donors (Lipinski definition) is 4. The molecule has 27 heavy (non-hydrogen) atoms. The summed E-state index contributed by atoms with van der Waals surface area (Å²) in [5.41, 5.74) is 0. The van der Waals surface area contributed by atoms with E-state index in [0.29, 0.717) is 6.42 Å². The van der Waals surface area contributed by atoms with Gasteiger partial charge in [-0.1, -0.05) is 77.6 Å². The van der Waals surface area contributed by atoms with E-state index in [1.54, 1.807) is 0 Å². The van der Waals surface area contributed by atoms with E-state index in [1.165, 1.54) is 51.4 Å². The molecule has 0 unspecified atom stereocenters. The lowest BCUT2D eigenvalue weighted by atomic mass is 10.0. The standard InChI is InChI=1S/C20H38O7/c1-2-3-4-5-6-7-8-9-10-11-12-13-14-27-20(26)19(25)18(24)17(23)16(22)15-21/h15-19,22-25H,2-14H2,1H3/t16-,17+,18-,19-/m0/s1. The van der Waals surface area contributed by atoms with Crippen LogP contribution in [0.2, 0.25) is 0 Å². The Morgan fingerprint density at radius 2 is 1.22 bits per heavy atom. The van der Waals surface area contributed by atoms with Crippen molar-refractivity contribution in [3.05, 3.63) is 0 Å². The summed E-state index contributed by atoms with van der Waals surface area (Å²) >= 11 is 0. The number of esters is 1. The van der Waals surface area contributed by atoms with Gasteiger partial charge in [0.1, 0.15) is 18.3 Å². The molecule has 0 spiro atoms. The van der Waals surface area contributed by atoms with Gasteiger partial charge in [-0.25, -0.2) is 4.79 Å². The molecule has 0 radical (unpaired) electrons. The Bertz CT molecular complexity index is 375. The van der Waals surface area contributed by atoms with Crippen molar-refractivity contribution in [2.75, 3.05) is 6.61 Å². The first-order chi connectivity index (χ1) is 13.0. The highest BCUT2D eigenvalue weighted by Crippen LogP contribution is 2.12. The molecule has 0 bridgehead atoms. The van der Waals surface area contributed by atoms with E-state index in [-0.39, 0.29) is 12.9 Å². The van der Waals surface area contributed by atoms with Crippen molar-refractivity contribution in [3.8, 4) is 0 Å². The molecule has 0 aromatic rings. The zero-order valence-corrected chi connectivity index (χ0v) is 16.6. The van der Waals surface area contributed by atoms with Gasteiger partial charge in [-0.15, -0.1) is 0 Å². The lowest BCUT2D eigenvalue weighted by Gasteiger charge is -2.22. The van der Waals surface area contributed by atoms with E-state index < -0.39 is 30.4 Å². The summed E-state index contributed by atoms with van der Waals surface area (Å²) in [4.78, 5) is 21.9. The molecule has 0 saturated carbocycles. The van der Waals surface area contributed by atoms with Gasteiger partial charge in [0.25, 0.3) is 0 Å². The van der Waals surface area contributed by atoms with Crippen molar-refractivity contribution >= 4 is 12.3 Å². The van der Waals surface area contributed by atoms with Crippen LogP contribution in [0.1, 0.15) is 84.0 Å². The Labute approximate surface area is 162 Å². The summed E-state index contributed by atoms with van der Waals surface area (Å²) in [5, 5.41) is 37.6. The quantitative estimate of drug-likeness (QED) is 0.160. The van der Waals surface area contributed by atoms with Gasteiger partial charge in [-0.05, 0) is 6.42 Å². The molecule has 0 rings (SSSR count). The Morgan fingerprint density at radius 3 is 1.67 bits per heavy atom. The fraction of sp³-hybridized carbons (Fsp3) is 0.900. The van der Waals surface area contributed by atoms with Gasteiger partial charge in [0.15, 0.2) is 12.4 Å². The monoisotopic (exact) mass is 390 g/mol. The molecule has 0 heterocycles. The molecule has 4 N–H and O–H groups in total. The number of rotatable bonds is 18. The largest absolute Gasteiger partial charge is 0.464 e. The molecular formula is C20H38O7. The zero-order valence-electron chi connectivity index (χ0n) is 16.6. The van der Waals surface area contributed by atoms with E-state index in [9.17, 15) is 24.9 Å². The number of carbonyl (C=O) groups excluding carboxylic acids is 2. The third-order valence-corrected chi connectivity index (χ3v) is 4.65. The summed E-state index contributed by atoms with van der Waals surface area (Å²) < 4.78 is 4.85. The molecule has 0 aliphatic rings. The molecule has 0 aromatic heterocycles. The van der Waals surface area contributed by atoms with Crippen molar-refractivity contribution < 1.29 is 34.8 Å². The van der Waals surface area contributed by atoms with E-state index in [4.69, 9.17) is 9.84 Å². The minimum atomic E-state index is -2.01. The number of hydrogen-bond acceptors (Lipinski definition) is 7. The normalized spacial score (nSPS) is 15.7. The van der Waals surface area contributed by atoms with Crippen LogP contribution in [0, 0.1) is 0 Å². The molecule has 0 aliphatic carbocycles. The highest BCUT2D eigenvalue weighted by Gasteiger charge is 2.35. The van der Waals surface area contributed by atoms with Crippen LogP contribution in [0.15, 0.2) is 0 Å². The number of ether oxygens (including phenoxy) is 1. The summed E-state index contributed by atoms with van der Waals surface area (Å²) in [6, 6.07) is 0. The van der Waals surface area contributed by atoms with Crippen LogP contribution in [-0.2, 0) is 14.3 Å². The second-order valence-electron chi connectivity index (χ2n) is 7.11. The van der Waals surface area contributed by atoms with E-state index in [2.05, 4.69) is 6.92 Å². The Balaban J connectivity index is 3.59. The van der Waals surface area contributed by atoms with Gasteiger partial charge < -0.3 is 30.0 Å². The van der Waals surface area contributed by atoms with Crippen molar-refractivity contribution in [2.45, 2.75) is 108 Å².